The number of hydrogen-bond donors (Lipinski definition) is 1. The second-order valence-electron chi connectivity index (χ2n) is 9.82. The van der Waals surface area contributed by atoms with E-state index in [0.29, 0.717) is 28.3 Å². The average Bonchev–Trinajstić information content (AvgIpc) is 3.03. The number of aromatic hydroxyl groups is 1. The number of amides is 2. The predicted molar refractivity (Wildman–Crippen MR) is 157 cm³/mol. The smallest absolute Gasteiger partial charge is 0.258 e. The molecule has 1 aromatic carbocycles. The van der Waals surface area contributed by atoms with Crippen LogP contribution in [0.2, 0.25) is 0 Å². The first-order valence-electron chi connectivity index (χ1n) is 13.5. The quantitative estimate of drug-likeness (QED) is 0.258. The van der Waals surface area contributed by atoms with Crippen LogP contribution in [0.4, 0.5) is 0 Å². The van der Waals surface area contributed by atoms with Crippen molar-refractivity contribution in [2.75, 3.05) is 0 Å². The van der Waals surface area contributed by atoms with E-state index in [1.165, 1.54) is 0 Å². The Balaban J connectivity index is 1.49. The van der Waals surface area contributed by atoms with Crippen molar-refractivity contribution < 1.29 is 14.7 Å². The zero-order valence-corrected chi connectivity index (χ0v) is 23.2. The fourth-order valence-corrected chi connectivity index (χ4v) is 4.59. The molecular formula is C33H30N6O3. The molecule has 4 heterocycles. The normalized spacial score (nSPS) is 10.7. The number of benzene rings is 1. The zero-order valence-electron chi connectivity index (χ0n) is 23.2. The van der Waals surface area contributed by atoms with Crippen LogP contribution in [0.3, 0.4) is 0 Å². The maximum absolute atomic E-state index is 14.0. The lowest BCUT2D eigenvalue weighted by atomic mass is 10.0. The van der Waals surface area contributed by atoms with Crippen molar-refractivity contribution in [1.82, 2.24) is 29.7 Å². The lowest BCUT2D eigenvalue weighted by Crippen LogP contribution is -2.33. The Morgan fingerprint density at radius 2 is 0.881 bits per heavy atom. The molecule has 5 aromatic rings. The lowest BCUT2D eigenvalue weighted by Gasteiger charge is -2.25. The number of phenolic OH excluding ortho intramolecular Hbond substituents is 1. The number of pyridine rings is 4. The van der Waals surface area contributed by atoms with Gasteiger partial charge in [0.05, 0.1) is 60.1 Å². The topological polar surface area (TPSA) is 112 Å². The van der Waals surface area contributed by atoms with Crippen molar-refractivity contribution in [2.45, 2.75) is 33.1 Å². The van der Waals surface area contributed by atoms with Crippen LogP contribution in [0.5, 0.6) is 5.75 Å². The van der Waals surface area contributed by atoms with Gasteiger partial charge in [-0.2, -0.15) is 0 Å². The van der Waals surface area contributed by atoms with E-state index in [1.54, 1.807) is 77.9 Å². The number of aryl methyl sites for hydroxylation is 1. The summed E-state index contributed by atoms with van der Waals surface area (Å²) < 4.78 is 0. The average molecular weight is 559 g/mol. The second-order valence-corrected chi connectivity index (χ2v) is 9.82. The van der Waals surface area contributed by atoms with Crippen LogP contribution in [0.25, 0.3) is 0 Å². The Hall–Kier alpha value is -5.44. The maximum atomic E-state index is 14.0. The maximum Gasteiger partial charge on any atom is 0.258 e. The molecule has 0 saturated carbocycles. The minimum absolute atomic E-state index is 0.0286. The molecule has 0 aliphatic carbocycles. The van der Waals surface area contributed by atoms with Gasteiger partial charge >= 0.3 is 0 Å². The highest BCUT2D eigenvalue weighted by Gasteiger charge is 2.27. The molecule has 0 aliphatic heterocycles. The van der Waals surface area contributed by atoms with E-state index in [-0.39, 0.29) is 43.1 Å². The van der Waals surface area contributed by atoms with Crippen molar-refractivity contribution in [2.24, 2.45) is 0 Å². The molecule has 0 spiro atoms. The van der Waals surface area contributed by atoms with E-state index >= 15 is 0 Å². The molecule has 0 radical (unpaired) electrons. The van der Waals surface area contributed by atoms with Crippen molar-refractivity contribution in [3.05, 3.63) is 149 Å². The third-order valence-electron chi connectivity index (χ3n) is 6.61. The standard InChI is InChI=1S/C33H30N6O3/c1-24-18-29(32(41)38(20-25-10-2-6-14-34-25)21-26-11-3-7-15-35-26)31(40)30(19-24)33(42)39(22-27-12-4-8-16-36-27)23-28-13-5-9-17-37-28/h2-19,40H,20-23H2,1H3. The molecule has 210 valence electrons. The van der Waals surface area contributed by atoms with Gasteiger partial charge in [-0.15, -0.1) is 0 Å². The number of phenols is 1. The number of hydrogen-bond acceptors (Lipinski definition) is 7. The summed E-state index contributed by atoms with van der Waals surface area (Å²) in [6, 6.07) is 25.1. The van der Waals surface area contributed by atoms with Gasteiger partial charge < -0.3 is 14.9 Å². The molecule has 4 aromatic heterocycles. The zero-order chi connectivity index (χ0) is 29.3. The lowest BCUT2D eigenvalue weighted by molar-refractivity contribution is 0.0716. The van der Waals surface area contributed by atoms with Crippen molar-refractivity contribution in [3.63, 3.8) is 0 Å². The molecule has 5 rings (SSSR count). The molecule has 9 heteroatoms. The Bertz CT molecular complexity index is 1430. The van der Waals surface area contributed by atoms with Gasteiger partial charge in [-0.1, -0.05) is 24.3 Å². The van der Waals surface area contributed by atoms with Crippen LogP contribution >= 0.6 is 0 Å². The number of carbonyl (C=O) groups is 2. The van der Waals surface area contributed by atoms with Gasteiger partial charge in [-0.3, -0.25) is 29.5 Å². The highest BCUT2D eigenvalue weighted by atomic mass is 16.3. The molecule has 0 aliphatic rings. The molecule has 0 atom stereocenters. The molecule has 0 saturated heterocycles. The minimum atomic E-state index is -0.442. The first-order valence-corrected chi connectivity index (χ1v) is 13.5. The molecule has 0 bridgehead atoms. The van der Waals surface area contributed by atoms with Gasteiger partial charge in [-0.25, -0.2) is 0 Å². The number of aromatic nitrogens is 4. The first-order chi connectivity index (χ1) is 20.5. The van der Waals surface area contributed by atoms with E-state index in [9.17, 15) is 14.7 Å². The van der Waals surface area contributed by atoms with Crippen molar-refractivity contribution in [3.8, 4) is 5.75 Å². The van der Waals surface area contributed by atoms with Gasteiger partial charge in [0.15, 0.2) is 0 Å². The third kappa shape index (κ3) is 7.00. The van der Waals surface area contributed by atoms with Gasteiger partial charge in [0.25, 0.3) is 11.8 Å². The highest BCUT2D eigenvalue weighted by molar-refractivity contribution is 6.04. The second kappa shape index (κ2) is 13.3. The summed E-state index contributed by atoms with van der Waals surface area (Å²) in [4.78, 5) is 48.7. The summed E-state index contributed by atoms with van der Waals surface area (Å²) in [5, 5.41) is 11.5. The van der Waals surface area contributed by atoms with Crippen LogP contribution in [-0.2, 0) is 26.2 Å². The molecule has 0 fully saturated rings. The Kier molecular flexibility index (Phi) is 8.88. The fraction of sp³-hybridized carbons (Fsp3) is 0.152. The van der Waals surface area contributed by atoms with Crippen molar-refractivity contribution >= 4 is 11.8 Å². The molecule has 9 nitrogen and oxygen atoms in total. The van der Waals surface area contributed by atoms with E-state index < -0.39 is 11.8 Å². The summed E-state index contributed by atoms with van der Waals surface area (Å²) in [5.74, 6) is -1.26. The van der Waals surface area contributed by atoms with Crippen LogP contribution in [-0.4, -0.2) is 46.7 Å². The molecule has 2 amide bonds. The Morgan fingerprint density at radius 1 is 0.571 bits per heavy atom. The SMILES string of the molecule is Cc1cc(C(=O)N(Cc2ccccn2)Cc2ccccn2)c(O)c(C(=O)N(Cc2ccccn2)Cc2ccccn2)c1. The predicted octanol–water partition coefficient (Wildman–Crippen LogP) is 4.97. The van der Waals surface area contributed by atoms with E-state index in [1.807, 2.05) is 48.5 Å². The van der Waals surface area contributed by atoms with Gasteiger partial charge in [0.2, 0.25) is 0 Å². The Morgan fingerprint density at radius 3 is 1.14 bits per heavy atom. The summed E-state index contributed by atoms with van der Waals surface area (Å²) in [5.41, 5.74) is 3.45. The minimum Gasteiger partial charge on any atom is -0.506 e. The summed E-state index contributed by atoms with van der Waals surface area (Å²) >= 11 is 0. The molecule has 0 unspecified atom stereocenters. The number of nitrogens with zero attached hydrogens (tertiary/aromatic N) is 6. The third-order valence-corrected chi connectivity index (χ3v) is 6.61. The highest BCUT2D eigenvalue weighted by Crippen LogP contribution is 2.29. The van der Waals surface area contributed by atoms with Crippen LogP contribution in [0.15, 0.2) is 110 Å². The fourth-order valence-electron chi connectivity index (χ4n) is 4.59. The largest absolute Gasteiger partial charge is 0.506 e. The van der Waals surface area contributed by atoms with E-state index in [4.69, 9.17) is 0 Å². The van der Waals surface area contributed by atoms with Crippen LogP contribution < -0.4 is 0 Å². The summed E-state index contributed by atoms with van der Waals surface area (Å²) in [6.07, 6.45) is 6.66. The summed E-state index contributed by atoms with van der Waals surface area (Å²) in [7, 11) is 0. The van der Waals surface area contributed by atoms with Crippen LogP contribution in [0, 0.1) is 6.92 Å². The van der Waals surface area contributed by atoms with Crippen LogP contribution in [0.1, 0.15) is 49.1 Å². The van der Waals surface area contributed by atoms with E-state index in [0.717, 1.165) is 0 Å². The Labute approximate surface area is 244 Å². The molecule has 1 N–H and O–H groups in total. The van der Waals surface area contributed by atoms with Crippen molar-refractivity contribution in [1.29, 1.82) is 0 Å². The van der Waals surface area contributed by atoms with Gasteiger partial charge in [0.1, 0.15) is 5.75 Å². The van der Waals surface area contributed by atoms with Gasteiger partial charge in [0, 0.05) is 24.8 Å². The first kappa shape index (κ1) is 28.1. The number of carbonyl (C=O) groups excluding carboxylic acids is 2. The number of rotatable bonds is 10. The summed E-state index contributed by atoms with van der Waals surface area (Å²) in [6.45, 7) is 2.56. The molecular weight excluding hydrogens is 528 g/mol. The molecule has 42 heavy (non-hydrogen) atoms. The monoisotopic (exact) mass is 558 g/mol. The van der Waals surface area contributed by atoms with Gasteiger partial charge in [-0.05, 0) is 73.2 Å². The van der Waals surface area contributed by atoms with E-state index in [2.05, 4.69) is 19.9 Å².